The Kier molecular flexibility index (Phi) is 4.23. The largest absolute Gasteiger partial charge is 0.465 e. The lowest BCUT2D eigenvalue weighted by molar-refractivity contribution is 0.0601. The second-order valence-corrected chi connectivity index (χ2v) is 5.33. The zero-order valence-corrected chi connectivity index (χ0v) is 12.9. The number of nitrogens with zero attached hydrogens (tertiary/aromatic N) is 3. The molecule has 24 heavy (non-hydrogen) atoms. The molecule has 1 fully saturated rings. The first-order valence-electron chi connectivity index (χ1n) is 7.33. The number of ether oxygens (including phenoxy) is 1. The van der Waals surface area contributed by atoms with Crippen molar-refractivity contribution in [3.63, 3.8) is 0 Å². The third-order valence-electron chi connectivity index (χ3n) is 3.48. The van der Waals surface area contributed by atoms with E-state index >= 15 is 0 Å². The third-order valence-corrected chi connectivity index (χ3v) is 3.48. The zero-order chi connectivity index (χ0) is 17.1. The molecule has 2 aromatic rings. The van der Waals surface area contributed by atoms with Gasteiger partial charge >= 0.3 is 5.97 Å². The summed E-state index contributed by atoms with van der Waals surface area (Å²) in [6.07, 6.45) is 2.03. The SMILES string of the molecule is COC(=O)c1ccc(Nc2nc(N)nc(NC3CC3)c2N=O)cc1. The smallest absolute Gasteiger partial charge is 0.337 e. The Hall–Kier alpha value is -3.23. The maximum atomic E-state index is 11.4. The molecule has 0 unspecified atom stereocenters. The van der Waals surface area contributed by atoms with Crippen molar-refractivity contribution in [1.29, 1.82) is 0 Å². The lowest BCUT2D eigenvalue weighted by atomic mass is 10.2. The van der Waals surface area contributed by atoms with Crippen molar-refractivity contribution >= 4 is 34.9 Å². The van der Waals surface area contributed by atoms with Gasteiger partial charge in [-0.05, 0) is 42.3 Å². The molecule has 124 valence electrons. The van der Waals surface area contributed by atoms with Gasteiger partial charge in [-0.2, -0.15) is 9.97 Å². The first-order valence-corrected chi connectivity index (χ1v) is 7.33. The highest BCUT2D eigenvalue weighted by molar-refractivity contribution is 5.90. The molecule has 0 atom stereocenters. The van der Waals surface area contributed by atoms with Crippen molar-refractivity contribution in [2.45, 2.75) is 18.9 Å². The maximum Gasteiger partial charge on any atom is 0.337 e. The number of benzene rings is 1. The van der Waals surface area contributed by atoms with E-state index in [0.717, 1.165) is 12.8 Å². The van der Waals surface area contributed by atoms with Crippen LogP contribution in [-0.4, -0.2) is 29.1 Å². The molecule has 0 spiro atoms. The molecule has 1 aromatic carbocycles. The highest BCUT2D eigenvalue weighted by atomic mass is 16.5. The number of carbonyl (C=O) groups is 1. The monoisotopic (exact) mass is 328 g/mol. The molecular weight excluding hydrogens is 312 g/mol. The number of nitrogens with two attached hydrogens (primary N) is 1. The minimum absolute atomic E-state index is 0.0271. The van der Waals surface area contributed by atoms with Crippen LogP contribution in [0.1, 0.15) is 23.2 Å². The van der Waals surface area contributed by atoms with Gasteiger partial charge in [-0.25, -0.2) is 4.79 Å². The van der Waals surface area contributed by atoms with E-state index < -0.39 is 5.97 Å². The van der Waals surface area contributed by atoms with Gasteiger partial charge in [0.25, 0.3) is 0 Å². The number of hydrogen-bond acceptors (Lipinski definition) is 9. The molecular formula is C15H16N6O3. The highest BCUT2D eigenvalue weighted by Gasteiger charge is 2.25. The van der Waals surface area contributed by atoms with Crippen molar-refractivity contribution < 1.29 is 9.53 Å². The molecule has 0 amide bonds. The topological polar surface area (TPSA) is 132 Å². The van der Waals surface area contributed by atoms with E-state index in [2.05, 4.69) is 30.5 Å². The van der Waals surface area contributed by atoms with Gasteiger partial charge in [0.1, 0.15) is 0 Å². The molecule has 4 N–H and O–H groups in total. The van der Waals surface area contributed by atoms with E-state index in [9.17, 15) is 9.70 Å². The molecule has 0 bridgehead atoms. The van der Waals surface area contributed by atoms with Crippen LogP contribution >= 0.6 is 0 Å². The Morgan fingerprint density at radius 1 is 1.25 bits per heavy atom. The predicted octanol–water partition coefficient (Wildman–Crippen LogP) is 2.56. The molecule has 1 heterocycles. The molecule has 0 aliphatic heterocycles. The van der Waals surface area contributed by atoms with Gasteiger partial charge in [0.05, 0.1) is 12.7 Å². The number of esters is 1. The van der Waals surface area contributed by atoms with E-state index in [4.69, 9.17) is 5.73 Å². The molecule has 0 radical (unpaired) electrons. The Morgan fingerprint density at radius 3 is 2.50 bits per heavy atom. The molecule has 1 saturated carbocycles. The zero-order valence-electron chi connectivity index (χ0n) is 12.9. The van der Waals surface area contributed by atoms with Gasteiger partial charge in [-0.15, -0.1) is 4.91 Å². The van der Waals surface area contributed by atoms with Gasteiger partial charge < -0.3 is 21.1 Å². The van der Waals surface area contributed by atoms with Crippen molar-refractivity contribution in [2.75, 3.05) is 23.5 Å². The van der Waals surface area contributed by atoms with Crippen LogP contribution in [0.2, 0.25) is 0 Å². The Labute approximate surface area is 137 Å². The first-order chi connectivity index (χ1) is 11.6. The quantitative estimate of drug-likeness (QED) is 0.544. The second kappa shape index (κ2) is 6.49. The highest BCUT2D eigenvalue weighted by Crippen LogP contribution is 2.36. The first kappa shape index (κ1) is 15.7. The number of nitroso groups, excluding NO2 is 1. The lowest BCUT2D eigenvalue weighted by Gasteiger charge is -2.12. The number of methoxy groups -OCH3 is 1. The lowest BCUT2D eigenvalue weighted by Crippen LogP contribution is -2.08. The Balaban J connectivity index is 1.87. The summed E-state index contributed by atoms with van der Waals surface area (Å²) in [6, 6.07) is 6.79. The normalized spacial score (nSPS) is 13.2. The van der Waals surface area contributed by atoms with E-state index in [1.807, 2.05) is 0 Å². The average molecular weight is 328 g/mol. The van der Waals surface area contributed by atoms with Gasteiger partial charge in [0.15, 0.2) is 17.3 Å². The third kappa shape index (κ3) is 3.40. The van der Waals surface area contributed by atoms with Crippen molar-refractivity contribution in [1.82, 2.24) is 9.97 Å². The van der Waals surface area contributed by atoms with E-state index in [1.54, 1.807) is 24.3 Å². The summed E-state index contributed by atoms with van der Waals surface area (Å²) >= 11 is 0. The van der Waals surface area contributed by atoms with Gasteiger partial charge in [-0.1, -0.05) is 0 Å². The number of rotatable bonds is 6. The number of nitrogen functional groups attached to an aromatic ring is 1. The Morgan fingerprint density at radius 2 is 1.92 bits per heavy atom. The van der Waals surface area contributed by atoms with Crippen molar-refractivity contribution in [3.8, 4) is 0 Å². The summed E-state index contributed by atoms with van der Waals surface area (Å²) in [5.74, 6) is 0.110. The van der Waals surface area contributed by atoms with Crippen LogP contribution in [0.4, 0.5) is 29.0 Å². The van der Waals surface area contributed by atoms with Crippen LogP contribution in [0.3, 0.4) is 0 Å². The van der Waals surface area contributed by atoms with Crippen LogP contribution in [-0.2, 0) is 4.74 Å². The van der Waals surface area contributed by atoms with Crippen molar-refractivity contribution in [3.05, 3.63) is 34.7 Å². The summed E-state index contributed by atoms with van der Waals surface area (Å²) < 4.78 is 4.64. The Bertz CT molecular complexity index is 774. The van der Waals surface area contributed by atoms with Crippen LogP contribution in [0.25, 0.3) is 0 Å². The number of carbonyl (C=O) groups excluding carboxylic acids is 1. The molecule has 0 saturated heterocycles. The molecule has 1 aliphatic carbocycles. The number of hydrogen-bond donors (Lipinski definition) is 3. The number of nitrogens with one attached hydrogen (secondary N) is 2. The standard InChI is InChI=1S/C15H16N6O3/c1-24-14(22)8-2-4-9(5-3-8)17-12-11(21-23)13(18-10-6-7-10)20-15(16)19-12/h2-5,10H,6-7H2,1H3,(H4,16,17,18,19,20). The predicted molar refractivity (Wildman–Crippen MR) is 89.6 cm³/mol. The summed E-state index contributed by atoms with van der Waals surface area (Å²) in [7, 11) is 1.31. The molecule has 1 aromatic heterocycles. The summed E-state index contributed by atoms with van der Waals surface area (Å²) in [5.41, 5.74) is 6.80. The summed E-state index contributed by atoms with van der Waals surface area (Å²) in [6.45, 7) is 0. The second-order valence-electron chi connectivity index (χ2n) is 5.33. The molecule has 9 nitrogen and oxygen atoms in total. The van der Waals surface area contributed by atoms with E-state index in [0.29, 0.717) is 17.1 Å². The van der Waals surface area contributed by atoms with Crippen LogP contribution in [0.15, 0.2) is 29.4 Å². The fourth-order valence-electron chi connectivity index (χ4n) is 2.11. The van der Waals surface area contributed by atoms with Crippen LogP contribution in [0, 0.1) is 4.91 Å². The van der Waals surface area contributed by atoms with Crippen molar-refractivity contribution in [2.24, 2.45) is 5.18 Å². The van der Waals surface area contributed by atoms with Crippen LogP contribution in [0.5, 0.6) is 0 Å². The fourth-order valence-corrected chi connectivity index (χ4v) is 2.11. The molecule has 9 heteroatoms. The minimum Gasteiger partial charge on any atom is -0.465 e. The summed E-state index contributed by atoms with van der Waals surface area (Å²) in [4.78, 5) is 30.7. The minimum atomic E-state index is -0.431. The van der Waals surface area contributed by atoms with Gasteiger partial charge in [0, 0.05) is 11.7 Å². The molecule has 3 rings (SSSR count). The van der Waals surface area contributed by atoms with E-state index in [-0.39, 0.29) is 23.5 Å². The molecule has 1 aliphatic rings. The van der Waals surface area contributed by atoms with Gasteiger partial charge in [-0.3, -0.25) is 0 Å². The van der Waals surface area contributed by atoms with E-state index in [1.165, 1.54) is 7.11 Å². The number of aromatic nitrogens is 2. The number of anilines is 4. The maximum absolute atomic E-state index is 11.4. The van der Waals surface area contributed by atoms with Crippen LogP contribution < -0.4 is 16.4 Å². The fraction of sp³-hybridized carbons (Fsp3) is 0.267. The average Bonchev–Trinajstić information content (AvgIpc) is 3.38. The van der Waals surface area contributed by atoms with Gasteiger partial charge in [0.2, 0.25) is 5.95 Å². The summed E-state index contributed by atoms with van der Waals surface area (Å²) in [5, 5.41) is 9.09.